The summed E-state index contributed by atoms with van der Waals surface area (Å²) in [4.78, 5) is 0. The van der Waals surface area contributed by atoms with Crippen LogP contribution in [0.2, 0.25) is 0 Å². The molecule has 0 saturated heterocycles. The van der Waals surface area contributed by atoms with E-state index in [1.165, 1.54) is 7.11 Å². The van der Waals surface area contributed by atoms with Gasteiger partial charge < -0.3 is 39.4 Å². The first-order valence-electron chi connectivity index (χ1n) is 16.7. The highest BCUT2D eigenvalue weighted by Crippen LogP contribution is 2.58. The van der Waals surface area contributed by atoms with E-state index in [1.807, 2.05) is 29.0 Å². The van der Waals surface area contributed by atoms with Crippen LogP contribution in [0.15, 0.2) is 30.3 Å². The molecule has 1 saturated carbocycles. The van der Waals surface area contributed by atoms with Gasteiger partial charge in [0.15, 0.2) is 17.6 Å². The van der Waals surface area contributed by atoms with Crippen LogP contribution in [0.5, 0.6) is 40.2 Å². The largest absolute Gasteiger partial charge is 0.508 e. The number of rotatable bonds is 5. The Morgan fingerprint density at radius 1 is 0.851 bits per heavy atom. The zero-order chi connectivity index (χ0) is 32.8. The number of phenols is 3. The first kappa shape index (κ1) is 32.5. The molecule has 3 aromatic rings. The summed E-state index contributed by atoms with van der Waals surface area (Å²) in [5.41, 5.74) is 5.54. The number of fused-ring (bicyclic) bond motifs is 4. The van der Waals surface area contributed by atoms with Gasteiger partial charge in [0.1, 0.15) is 23.4 Å². The van der Waals surface area contributed by atoms with Gasteiger partial charge in [-0.3, -0.25) is 0 Å². The number of benzene rings is 3. The highest BCUT2D eigenvalue weighted by molar-refractivity contribution is 8.76. The van der Waals surface area contributed by atoms with Crippen LogP contribution in [0.3, 0.4) is 0 Å². The van der Waals surface area contributed by atoms with Crippen molar-refractivity contribution in [3.05, 3.63) is 52.6 Å². The van der Waals surface area contributed by atoms with E-state index >= 15 is 0 Å². The molecular weight excluding hydrogens is 637 g/mol. The third-order valence-corrected chi connectivity index (χ3v) is 13.0. The van der Waals surface area contributed by atoms with Gasteiger partial charge >= 0.3 is 0 Å². The van der Waals surface area contributed by atoms with E-state index < -0.39 is 12.2 Å². The molecule has 4 aliphatic rings. The number of aliphatic hydroxyl groups excluding tert-OH is 1. The number of aromatic hydroxyl groups is 3. The fraction of sp³-hybridized carbons (Fsp3) is 0.514. The zero-order valence-electron chi connectivity index (χ0n) is 27.2. The molecule has 0 amide bonds. The monoisotopic (exact) mass is 680 g/mol. The SMILES string of the molecule is COc1cc2c3c4c1-c1ccc(O)cc1[C@H](CC[C@@H](C)CCSSC[C@@H]3[C@@H](O)[C@H](c1cc(OC3CCCC3)c(O)c(OC)c1O)O2)C4. The molecule has 0 radical (unpaired) electrons. The van der Waals surface area contributed by atoms with Crippen molar-refractivity contribution in [3.63, 3.8) is 0 Å². The van der Waals surface area contributed by atoms with Crippen molar-refractivity contribution in [1.82, 2.24) is 0 Å². The molecule has 2 heterocycles. The van der Waals surface area contributed by atoms with E-state index in [0.29, 0.717) is 28.7 Å². The van der Waals surface area contributed by atoms with Crippen molar-refractivity contribution in [2.45, 2.75) is 88.4 Å². The minimum atomic E-state index is -1.02. The van der Waals surface area contributed by atoms with Crippen molar-refractivity contribution < 1.29 is 39.4 Å². The van der Waals surface area contributed by atoms with E-state index in [1.54, 1.807) is 30.0 Å². The lowest BCUT2D eigenvalue weighted by molar-refractivity contribution is 0.00291. The Kier molecular flexibility index (Phi) is 9.28. The summed E-state index contributed by atoms with van der Waals surface area (Å²) < 4.78 is 24.4. The van der Waals surface area contributed by atoms with Gasteiger partial charge in [0, 0.05) is 40.2 Å². The van der Waals surface area contributed by atoms with E-state index in [9.17, 15) is 20.4 Å². The Morgan fingerprint density at radius 2 is 1.66 bits per heavy atom. The number of ether oxygens (including phenoxy) is 4. The normalized spacial score (nSPS) is 25.8. The van der Waals surface area contributed by atoms with Crippen molar-refractivity contribution in [2.24, 2.45) is 5.92 Å². The van der Waals surface area contributed by atoms with E-state index in [-0.39, 0.29) is 46.7 Å². The molecule has 252 valence electrons. The third-order valence-electron chi connectivity index (χ3n) is 10.5. The van der Waals surface area contributed by atoms with Crippen LogP contribution in [0.25, 0.3) is 11.1 Å². The molecule has 3 aromatic carbocycles. The molecule has 8 nitrogen and oxygen atoms in total. The summed E-state index contributed by atoms with van der Waals surface area (Å²) >= 11 is 0. The van der Waals surface area contributed by atoms with E-state index in [0.717, 1.165) is 84.9 Å². The average Bonchev–Trinajstić information content (AvgIpc) is 3.58. The quantitative estimate of drug-likeness (QED) is 0.196. The number of aliphatic hydroxyl groups is 1. The fourth-order valence-electron chi connectivity index (χ4n) is 8.00. The van der Waals surface area contributed by atoms with Gasteiger partial charge in [-0.1, -0.05) is 41.0 Å². The second-order valence-electron chi connectivity index (χ2n) is 13.4. The van der Waals surface area contributed by atoms with Crippen LogP contribution >= 0.6 is 21.6 Å². The van der Waals surface area contributed by atoms with E-state index in [2.05, 4.69) is 6.92 Å². The van der Waals surface area contributed by atoms with Crippen LogP contribution in [-0.2, 0) is 6.42 Å². The first-order chi connectivity index (χ1) is 22.8. The van der Waals surface area contributed by atoms with Gasteiger partial charge in [0.2, 0.25) is 11.5 Å². The minimum absolute atomic E-state index is 0.0408. The summed E-state index contributed by atoms with van der Waals surface area (Å²) in [7, 11) is 6.64. The minimum Gasteiger partial charge on any atom is -0.508 e. The van der Waals surface area contributed by atoms with Crippen molar-refractivity contribution in [3.8, 4) is 51.4 Å². The summed E-state index contributed by atoms with van der Waals surface area (Å²) in [5, 5.41) is 45.3. The molecule has 4 N–H and O–H groups in total. The third kappa shape index (κ3) is 5.95. The molecule has 0 aromatic heterocycles. The molecule has 10 heteroatoms. The van der Waals surface area contributed by atoms with E-state index in [4.69, 9.17) is 18.9 Å². The van der Waals surface area contributed by atoms with Gasteiger partial charge in [-0.05, 0) is 91.7 Å². The predicted octanol–water partition coefficient (Wildman–Crippen LogP) is 8.23. The molecule has 2 aliphatic carbocycles. The maximum atomic E-state index is 12.3. The summed E-state index contributed by atoms with van der Waals surface area (Å²) in [6.45, 7) is 2.32. The van der Waals surface area contributed by atoms with Crippen LogP contribution in [-0.4, -0.2) is 58.4 Å². The lowest BCUT2D eigenvalue weighted by atomic mass is 9.71. The summed E-state index contributed by atoms with van der Waals surface area (Å²) in [6.07, 6.45) is 5.80. The molecule has 1 fully saturated rings. The maximum Gasteiger partial charge on any atom is 0.207 e. The average molecular weight is 681 g/mol. The van der Waals surface area contributed by atoms with Gasteiger partial charge in [0.05, 0.1) is 20.3 Å². The number of hydrogen-bond acceptors (Lipinski definition) is 10. The van der Waals surface area contributed by atoms with Crippen molar-refractivity contribution in [1.29, 1.82) is 0 Å². The Labute approximate surface area is 284 Å². The molecule has 7 rings (SSSR count). The lowest BCUT2D eigenvalue weighted by Crippen LogP contribution is -2.37. The molecule has 0 unspecified atom stereocenters. The molecule has 0 spiro atoms. The van der Waals surface area contributed by atoms with Gasteiger partial charge in [-0.2, -0.15) is 0 Å². The molecule has 2 bridgehead atoms. The Balaban J connectivity index is 1.38. The van der Waals surface area contributed by atoms with Crippen LogP contribution < -0.4 is 18.9 Å². The van der Waals surface area contributed by atoms with Gasteiger partial charge in [-0.15, -0.1) is 0 Å². The van der Waals surface area contributed by atoms with Gasteiger partial charge in [0.25, 0.3) is 0 Å². The Hall–Kier alpha value is -3.08. The van der Waals surface area contributed by atoms with Crippen molar-refractivity contribution in [2.75, 3.05) is 25.7 Å². The second kappa shape index (κ2) is 13.4. The molecule has 47 heavy (non-hydrogen) atoms. The van der Waals surface area contributed by atoms with Crippen LogP contribution in [0.4, 0.5) is 0 Å². The summed E-state index contributed by atoms with van der Waals surface area (Å²) in [6, 6.07) is 9.13. The highest BCUT2D eigenvalue weighted by Gasteiger charge is 2.44. The second-order valence-corrected chi connectivity index (χ2v) is 16.1. The smallest absolute Gasteiger partial charge is 0.207 e. The fourth-order valence-corrected chi connectivity index (χ4v) is 10.6. The Morgan fingerprint density at radius 3 is 2.43 bits per heavy atom. The van der Waals surface area contributed by atoms with Gasteiger partial charge in [-0.25, -0.2) is 0 Å². The first-order valence-corrected chi connectivity index (χ1v) is 19.2. The number of phenolic OH excluding ortho intramolecular Hbond substituents is 3. The predicted molar refractivity (Wildman–Crippen MR) is 186 cm³/mol. The topological polar surface area (TPSA) is 118 Å². The Bertz CT molecular complexity index is 1640. The highest BCUT2D eigenvalue weighted by atomic mass is 33.1. The molecular formula is C37H44O8S2. The maximum absolute atomic E-state index is 12.3. The van der Waals surface area contributed by atoms with Crippen LogP contribution in [0, 0.1) is 5.92 Å². The zero-order valence-corrected chi connectivity index (χ0v) is 28.8. The number of hydrogen-bond donors (Lipinski definition) is 4. The van der Waals surface area contributed by atoms with Crippen molar-refractivity contribution >= 4 is 21.6 Å². The lowest BCUT2D eigenvalue weighted by Gasteiger charge is -2.41. The molecule has 5 atom stereocenters. The summed E-state index contributed by atoms with van der Waals surface area (Å²) in [5.74, 6) is 3.20. The molecule has 2 aliphatic heterocycles. The standard InChI is InChI=1S/C37H44O8S2/c1-19-8-9-20-14-25-31(23-11-10-21(38)15-24(20)23)28(42-2)17-29-32(25)27(18-47-46-13-12-19)34(40)36(45-29)26-16-30(44-22-6-4-5-7-22)35(41)37(43-3)33(26)39/h10-11,15-17,19-20,22,27,34,36,38-41H,4-9,12-14,18H2,1-3H3/t19-,20-,27+,34-,36+/m1/s1. The van der Waals surface area contributed by atoms with Crippen LogP contribution in [0.1, 0.15) is 92.1 Å². The number of methoxy groups -OCH3 is 2.